The first kappa shape index (κ1) is 14.4. The SMILES string of the molecule is Cc1c(C(=O)NC[C@H](O)C(=O)O)oc2ccc(Cl)cc12. The number of hydrogen-bond donors (Lipinski definition) is 3. The number of fused-ring (bicyclic) bond motifs is 1. The molecule has 0 saturated heterocycles. The molecule has 0 unspecified atom stereocenters. The molecule has 1 atom stereocenters. The van der Waals surface area contributed by atoms with Gasteiger partial charge in [0.25, 0.3) is 5.91 Å². The van der Waals surface area contributed by atoms with E-state index in [1.807, 2.05) is 0 Å². The van der Waals surface area contributed by atoms with Gasteiger partial charge in [0.15, 0.2) is 11.9 Å². The lowest BCUT2D eigenvalue weighted by atomic mass is 10.1. The van der Waals surface area contributed by atoms with Crippen LogP contribution in [0.1, 0.15) is 16.1 Å². The summed E-state index contributed by atoms with van der Waals surface area (Å²) in [6.45, 7) is 1.30. The summed E-state index contributed by atoms with van der Waals surface area (Å²) in [5.74, 6) is -1.92. The highest BCUT2D eigenvalue weighted by Gasteiger charge is 2.20. The van der Waals surface area contributed by atoms with Crippen molar-refractivity contribution in [2.75, 3.05) is 6.54 Å². The molecule has 0 aliphatic carbocycles. The molecular weight excluding hydrogens is 286 g/mol. The van der Waals surface area contributed by atoms with Gasteiger partial charge in [-0.15, -0.1) is 0 Å². The van der Waals surface area contributed by atoms with Crippen molar-refractivity contribution in [1.29, 1.82) is 0 Å². The molecule has 1 aromatic carbocycles. The number of amides is 1. The molecule has 2 aromatic rings. The third kappa shape index (κ3) is 2.76. The maximum Gasteiger partial charge on any atom is 0.334 e. The Kier molecular flexibility index (Phi) is 3.96. The number of carbonyl (C=O) groups excluding carboxylic acids is 1. The maximum absolute atomic E-state index is 11.9. The van der Waals surface area contributed by atoms with E-state index in [1.54, 1.807) is 25.1 Å². The summed E-state index contributed by atoms with van der Waals surface area (Å²) in [7, 11) is 0. The Morgan fingerprint density at radius 1 is 1.45 bits per heavy atom. The van der Waals surface area contributed by atoms with Crippen LogP contribution in [0.25, 0.3) is 11.0 Å². The third-order valence-corrected chi connectivity index (χ3v) is 3.08. The average Bonchev–Trinajstić information content (AvgIpc) is 2.73. The molecule has 0 aliphatic rings. The van der Waals surface area contributed by atoms with E-state index in [2.05, 4.69) is 5.32 Å². The first-order valence-corrected chi connectivity index (χ1v) is 6.15. The van der Waals surface area contributed by atoms with Crippen LogP contribution in [0.2, 0.25) is 5.02 Å². The number of carboxylic acid groups (broad SMARTS) is 1. The Bertz CT molecular complexity index is 679. The molecule has 1 amide bonds. The number of nitrogens with one attached hydrogen (secondary N) is 1. The predicted molar refractivity (Wildman–Crippen MR) is 71.9 cm³/mol. The molecule has 6 nitrogen and oxygen atoms in total. The quantitative estimate of drug-likeness (QED) is 0.795. The lowest BCUT2D eigenvalue weighted by molar-refractivity contribution is -0.146. The van der Waals surface area contributed by atoms with E-state index in [0.717, 1.165) is 0 Å². The van der Waals surface area contributed by atoms with Gasteiger partial charge in [0.1, 0.15) is 5.58 Å². The second kappa shape index (κ2) is 5.52. The summed E-state index contributed by atoms with van der Waals surface area (Å²) in [5.41, 5.74) is 1.11. The predicted octanol–water partition coefficient (Wildman–Crippen LogP) is 1.57. The average molecular weight is 298 g/mol. The first-order chi connectivity index (χ1) is 9.40. The van der Waals surface area contributed by atoms with E-state index in [1.165, 1.54) is 0 Å². The summed E-state index contributed by atoms with van der Waals surface area (Å²) < 4.78 is 5.41. The summed E-state index contributed by atoms with van der Waals surface area (Å²) in [6.07, 6.45) is -1.65. The van der Waals surface area contributed by atoms with Crippen molar-refractivity contribution in [3.8, 4) is 0 Å². The number of benzene rings is 1. The number of aliphatic carboxylic acids is 1. The summed E-state index contributed by atoms with van der Waals surface area (Å²) >= 11 is 5.88. The maximum atomic E-state index is 11.9. The van der Waals surface area contributed by atoms with Gasteiger partial charge >= 0.3 is 5.97 Å². The molecule has 0 spiro atoms. The molecule has 0 aliphatic heterocycles. The Morgan fingerprint density at radius 2 is 2.15 bits per heavy atom. The van der Waals surface area contributed by atoms with Crippen molar-refractivity contribution in [2.45, 2.75) is 13.0 Å². The van der Waals surface area contributed by atoms with Crippen LogP contribution >= 0.6 is 11.6 Å². The standard InChI is InChI=1S/C13H12ClNO5/c1-6-8-4-7(14)2-3-10(8)20-11(6)12(17)15-5-9(16)13(18)19/h2-4,9,16H,5H2,1H3,(H,15,17)(H,18,19)/t9-/m0/s1. The largest absolute Gasteiger partial charge is 0.479 e. The van der Waals surface area contributed by atoms with Gasteiger partial charge < -0.3 is 19.9 Å². The zero-order valence-corrected chi connectivity index (χ0v) is 11.3. The summed E-state index contributed by atoms with van der Waals surface area (Å²) in [6, 6.07) is 4.97. The minimum atomic E-state index is -1.65. The van der Waals surface area contributed by atoms with Crippen molar-refractivity contribution >= 4 is 34.4 Å². The van der Waals surface area contributed by atoms with Crippen molar-refractivity contribution in [1.82, 2.24) is 5.32 Å². The van der Waals surface area contributed by atoms with Gasteiger partial charge in [-0.3, -0.25) is 4.79 Å². The van der Waals surface area contributed by atoms with E-state index in [4.69, 9.17) is 26.2 Å². The highest BCUT2D eigenvalue weighted by Crippen LogP contribution is 2.27. The monoisotopic (exact) mass is 297 g/mol. The molecule has 20 heavy (non-hydrogen) atoms. The van der Waals surface area contributed by atoms with Gasteiger partial charge in [-0.05, 0) is 25.1 Å². The van der Waals surface area contributed by atoms with Gasteiger partial charge in [0, 0.05) is 16.0 Å². The molecule has 3 N–H and O–H groups in total. The van der Waals surface area contributed by atoms with Crippen LogP contribution < -0.4 is 5.32 Å². The molecule has 1 heterocycles. The lowest BCUT2D eigenvalue weighted by Crippen LogP contribution is -2.36. The van der Waals surface area contributed by atoms with Crippen LogP contribution in [-0.2, 0) is 4.79 Å². The van der Waals surface area contributed by atoms with Crippen molar-refractivity contribution in [2.24, 2.45) is 0 Å². The number of aliphatic hydroxyl groups excluding tert-OH is 1. The van der Waals surface area contributed by atoms with Gasteiger partial charge in [0.2, 0.25) is 0 Å². The molecule has 7 heteroatoms. The Labute approximate surface area is 118 Å². The van der Waals surface area contributed by atoms with Gasteiger partial charge in [-0.2, -0.15) is 0 Å². The summed E-state index contributed by atoms with van der Waals surface area (Å²) in [4.78, 5) is 22.4. The van der Waals surface area contributed by atoms with E-state index in [0.29, 0.717) is 21.6 Å². The van der Waals surface area contributed by atoms with Crippen molar-refractivity contribution < 1.29 is 24.2 Å². The number of hydrogen-bond acceptors (Lipinski definition) is 4. The number of halogens is 1. The Morgan fingerprint density at radius 3 is 2.80 bits per heavy atom. The van der Waals surface area contributed by atoms with Crippen LogP contribution in [0.15, 0.2) is 22.6 Å². The molecule has 106 valence electrons. The number of aryl methyl sites for hydroxylation is 1. The topological polar surface area (TPSA) is 99.8 Å². The van der Waals surface area contributed by atoms with Gasteiger partial charge in [-0.25, -0.2) is 4.79 Å². The van der Waals surface area contributed by atoms with Crippen LogP contribution in [-0.4, -0.2) is 34.7 Å². The molecule has 0 radical (unpaired) electrons. The zero-order valence-electron chi connectivity index (χ0n) is 10.5. The highest BCUT2D eigenvalue weighted by molar-refractivity contribution is 6.31. The minimum Gasteiger partial charge on any atom is -0.479 e. The number of aliphatic hydroxyl groups is 1. The van der Waals surface area contributed by atoms with Crippen LogP contribution in [0.3, 0.4) is 0 Å². The van der Waals surface area contributed by atoms with E-state index < -0.39 is 24.5 Å². The number of carboxylic acids is 1. The smallest absolute Gasteiger partial charge is 0.334 e. The fourth-order valence-corrected chi connectivity index (χ4v) is 1.94. The molecule has 0 fully saturated rings. The molecule has 0 saturated carbocycles. The summed E-state index contributed by atoms with van der Waals surface area (Å²) in [5, 5.41) is 21.2. The van der Waals surface area contributed by atoms with E-state index in [9.17, 15) is 9.59 Å². The van der Waals surface area contributed by atoms with Crippen LogP contribution in [0, 0.1) is 6.92 Å². The lowest BCUT2D eigenvalue weighted by Gasteiger charge is -2.06. The second-order valence-corrected chi connectivity index (χ2v) is 4.70. The van der Waals surface area contributed by atoms with Crippen LogP contribution in [0.5, 0.6) is 0 Å². The number of furan rings is 1. The Balaban J connectivity index is 2.22. The molecule has 2 rings (SSSR count). The Hall–Kier alpha value is -2.05. The second-order valence-electron chi connectivity index (χ2n) is 4.26. The number of rotatable bonds is 4. The van der Waals surface area contributed by atoms with Gasteiger partial charge in [-0.1, -0.05) is 11.6 Å². The molecule has 1 aromatic heterocycles. The zero-order chi connectivity index (χ0) is 14.9. The van der Waals surface area contributed by atoms with Crippen molar-refractivity contribution in [3.05, 3.63) is 34.5 Å². The van der Waals surface area contributed by atoms with Crippen molar-refractivity contribution in [3.63, 3.8) is 0 Å². The first-order valence-electron chi connectivity index (χ1n) is 5.78. The van der Waals surface area contributed by atoms with E-state index >= 15 is 0 Å². The fourth-order valence-electron chi connectivity index (χ4n) is 1.77. The molecule has 0 bridgehead atoms. The fraction of sp³-hybridized carbons (Fsp3) is 0.231. The minimum absolute atomic E-state index is 0.0693. The van der Waals surface area contributed by atoms with Crippen LogP contribution in [0.4, 0.5) is 0 Å². The third-order valence-electron chi connectivity index (χ3n) is 2.85. The highest BCUT2D eigenvalue weighted by atomic mass is 35.5. The molecular formula is C13H12ClNO5. The van der Waals surface area contributed by atoms with Gasteiger partial charge in [0.05, 0.1) is 6.54 Å². The van der Waals surface area contributed by atoms with E-state index in [-0.39, 0.29) is 5.76 Å². The number of carbonyl (C=O) groups is 2. The normalized spacial score (nSPS) is 12.3.